The van der Waals surface area contributed by atoms with E-state index in [-0.39, 0.29) is 30.8 Å². The first-order chi connectivity index (χ1) is 9.33. The minimum Gasteiger partial charge on any atom is -0.454 e. The van der Waals surface area contributed by atoms with Crippen molar-refractivity contribution in [1.82, 2.24) is 4.90 Å². The fourth-order valence-electron chi connectivity index (χ4n) is 2.10. The molecular formula is C13H18IN3O3. The van der Waals surface area contributed by atoms with Gasteiger partial charge in [0, 0.05) is 13.1 Å². The average Bonchev–Trinajstić information content (AvgIpc) is 2.93. The smallest absolute Gasteiger partial charge is 0.231 e. The highest BCUT2D eigenvalue weighted by Crippen LogP contribution is 2.32. The van der Waals surface area contributed by atoms with E-state index in [9.17, 15) is 0 Å². The van der Waals surface area contributed by atoms with Gasteiger partial charge >= 0.3 is 0 Å². The van der Waals surface area contributed by atoms with Gasteiger partial charge in [-0.25, -0.2) is 4.99 Å². The van der Waals surface area contributed by atoms with Crippen molar-refractivity contribution in [3.05, 3.63) is 23.8 Å². The third-order valence-electron chi connectivity index (χ3n) is 3.20. The van der Waals surface area contributed by atoms with Gasteiger partial charge in [-0.1, -0.05) is 6.07 Å². The number of rotatable bonds is 2. The maximum absolute atomic E-state index is 5.97. The predicted molar refractivity (Wildman–Crippen MR) is 85.7 cm³/mol. The molecule has 0 spiro atoms. The number of fused-ring (bicyclic) bond motifs is 1. The van der Waals surface area contributed by atoms with E-state index in [2.05, 4.69) is 4.99 Å². The number of hydrogen-bond donors (Lipinski definition) is 1. The number of aliphatic imine (C=N–C) groups is 1. The summed E-state index contributed by atoms with van der Waals surface area (Å²) in [4.78, 5) is 6.45. The molecule has 6 nitrogen and oxygen atoms in total. The molecule has 0 radical (unpaired) electrons. The topological polar surface area (TPSA) is 69.3 Å². The summed E-state index contributed by atoms with van der Waals surface area (Å²) in [7, 11) is 0. The Labute approximate surface area is 134 Å². The zero-order valence-electron chi connectivity index (χ0n) is 11.1. The van der Waals surface area contributed by atoms with Crippen LogP contribution in [0.1, 0.15) is 5.56 Å². The van der Waals surface area contributed by atoms with Crippen LogP contribution in [0.4, 0.5) is 0 Å². The second-order valence-corrected chi connectivity index (χ2v) is 4.46. The van der Waals surface area contributed by atoms with Crippen LogP contribution >= 0.6 is 24.0 Å². The molecule has 2 N–H and O–H groups in total. The van der Waals surface area contributed by atoms with Gasteiger partial charge in [-0.2, -0.15) is 0 Å². The normalized spacial score (nSPS) is 17.8. The highest BCUT2D eigenvalue weighted by atomic mass is 127. The molecule has 3 rings (SSSR count). The van der Waals surface area contributed by atoms with Crippen molar-refractivity contribution in [3.63, 3.8) is 0 Å². The van der Waals surface area contributed by atoms with E-state index in [4.69, 9.17) is 19.9 Å². The number of morpholine rings is 1. The van der Waals surface area contributed by atoms with E-state index < -0.39 is 0 Å². The summed E-state index contributed by atoms with van der Waals surface area (Å²) < 4.78 is 15.9. The molecule has 0 atom stereocenters. The van der Waals surface area contributed by atoms with Gasteiger partial charge in [0.05, 0.1) is 19.8 Å². The molecule has 0 bridgehead atoms. The largest absolute Gasteiger partial charge is 0.454 e. The molecule has 1 saturated heterocycles. The van der Waals surface area contributed by atoms with Crippen LogP contribution in [0, 0.1) is 0 Å². The number of ether oxygens (including phenoxy) is 3. The van der Waals surface area contributed by atoms with E-state index >= 15 is 0 Å². The Morgan fingerprint density at radius 2 is 1.95 bits per heavy atom. The monoisotopic (exact) mass is 391 g/mol. The van der Waals surface area contributed by atoms with E-state index in [0.29, 0.717) is 25.7 Å². The Hall–Kier alpha value is -1.22. The van der Waals surface area contributed by atoms with Gasteiger partial charge in [0.2, 0.25) is 6.79 Å². The van der Waals surface area contributed by atoms with Crippen LogP contribution in [0.3, 0.4) is 0 Å². The molecule has 1 aromatic rings. The standard InChI is InChI=1S/C13H17N3O3.HI/c14-13(16-3-5-17-6-4-16)15-8-10-1-2-11-12(7-10)19-9-18-11;/h1-2,7H,3-6,8-9H2,(H2,14,15);1H. The Morgan fingerprint density at radius 1 is 1.20 bits per heavy atom. The molecule has 0 amide bonds. The van der Waals surface area contributed by atoms with Gasteiger partial charge in [-0.05, 0) is 17.7 Å². The van der Waals surface area contributed by atoms with Crippen molar-refractivity contribution in [3.8, 4) is 11.5 Å². The molecule has 0 aliphatic carbocycles. The number of nitrogens with zero attached hydrogens (tertiary/aromatic N) is 2. The molecule has 2 heterocycles. The van der Waals surface area contributed by atoms with Crippen molar-refractivity contribution in [2.75, 3.05) is 33.1 Å². The van der Waals surface area contributed by atoms with Gasteiger partial charge < -0.3 is 24.8 Å². The molecule has 110 valence electrons. The van der Waals surface area contributed by atoms with E-state index in [1.54, 1.807) is 0 Å². The zero-order chi connectivity index (χ0) is 13.1. The van der Waals surface area contributed by atoms with Crippen LogP contribution in [-0.2, 0) is 11.3 Å². The number of nitrogens with two attached hydrogens (primary N) is 1. The number of benzene rings is 1. The average molecular weight is 391 g/mol. The predicted octanol–water partition coefficient (Wildman–Crippen LogP) is 1.18. The first-order valence-electron chi connectivity index (χ1n) is 6.34. The molecule has 0 aromatic heterocycles. The molecule has 20 heavy (non-hydrogen) atoms. The van der Waals surface area contributed by atoms with Crippen molar-refractivity contribution in [2.45, 2.75) is 6.54 Å². The van der Waals surface area contributed by atoms with Gasteiger partial charge in [0.1, 0.15) is 0 Å². The summed E-state index contributed by atoms with van der Waals surface area (Å²) in [6.07, 6.45) is 0. The van der Waals surface area contributed by atoms with Crippen molar-refractivity contribution < 1.29 is 14.2 Å². The Kier molecular flexibility index (Phi) is 5.30. The van der Waals surface area contributed by atoms with Crippen molar-refractivity contribution in [1.29, 1.82) is 0 Å². The summed E-state index contributed by atoms with van der Waals surface area (Å²) in [5, 5.41) is 0. The van der Waals surface area contributed by atoms with Gasteiger partial charge in [-0.3, -0.25) is 0 Å². The minimum atomic E-state index is 0. The molecule has 1 aromatic carbocycles. The Morgan fingerprint density at radius 3 is 2.75 bits per heavy atom. The lowest BCUT2D eigenvalue weighted by molar-refractivity contribution is 0.0674. The lowest BCUT2D eigenvalue weighted by Gasteiger charge is -2.27. The fourth-order valence-corrected chi connectivity index (χ4v) is 2.10. The Balaban J connectivity index is 0.00000147. The SMILES string of the molecule is I.NC(=NCc1ccc2c(c1)OCO2)N1CCOCC1. The molecule has 1 fully saturated rings. The van der Waals surface area contributed by atoms with E-state index in [1.807, 2.05) is 23.1 Å². The molecule has 0 unspecified atom stereocenters. The van der Waals surface area contributed by atoms with Crippen molar-refractivity contribution >= 4 is 29.9 Å². The summed E-state index contributed by atoms with van der Waals surface area (Å²) >= 11 is 0. The Bertz CT molecular complexity index is 490. The highest BCUT2D eigenvalue weighted by Gasteiger charge is 2.14. The molecule has 2 aliphatic heterocycles. The number of guanidine groups is 1. The molecule has 2 aliphatic rings. The lowest BCUT2D eigenvalue weighted by atomic mass is 10.2. The first-order valence-corrected chi connectivity index (χ1v) is 6.34. The van der Waals surface area contributed by atoms with Gasteiger partial charge in [0.15, 0.2) is 17.5 Å². The third kappa shape index (κ3) is 3.45. The zero-order valence-corrected chi connectivity index (χ0v) is 13.4. The van der Waals surface area contributed by atoms with E-state index in [1.165, 1.54) is 0 Å². The molecular weight excluding hydrogens is 373 g/mol. The van der Waals surface area contributed by atoms with Crippen LogP contribution in [0.25, 0.3) is 0 Å². The number of halogens is 1. The van der Waals surface area contributed by atoms with E-state index in [0.717, 1.165) is 30.2 Å². The summed E-state index contributed by atoms with van der Waals surface area (Å²) in [6, 6.07) is 5.82. The molecule has 0 saturated carbocycles. The van der Waals surface area contributed by atoms with Gasteiger partial charge in [0.25, 0.3) is 0 Å². The lowest BCUT2D eigenvalue weighted by Crippen LogP contribution is -2.44. The highest BCUT2D eigenvalue weighted by molar-refractivity contribution is 14.0. The minimum absolute atomic E-state index is 0. The fraction of sp³-hybridized carbons (Fsp3) is 0.462. The van der Waals surface area contributed by atoms with Crippen LogP contribution < -0.4 is 15.2 Å². The summed E-state index contributed by atoms with van der Waals surface area (Å²) in [5.41, 5.74) is 7.03. The van der Waals surface area contributed by atoms with Gasteiger partial charge in [-0.15, -0.1) is 24.0 Å². The van der Waals surface area contributed by atoms with Crippen LogP contribution in [0.15, 0.2) is 23.2 Å². The summed E-state index contributed by atoms with van der Waals surface area (Å²) in [6.45, 7) is 3.85. The third-order valence-corrected chi connectivity index (χ3v) is 3.20. The maximum atomic E-state index is 5.97. The maximum Gasteiger partial charge on any atom is 0.231 e. The second kappa shape index (κ2) is 6.98. The van der Waals surface area contributed by atoms with Crippen molar-refractivity contribution in [2.24, 2.45) is 10.7 Å². The van der Waals surface area contributed by atoms with Crippen LogP contribution in [-0.4, -0.2) is 44.0 Å². The number of hydrogen-bond acceptors (Lipinski definition) is 4. The van der Waals surface area contributed by atoms with Crippen LogP contribution in [0.5, 0.6) is 11.5 Å². The first kappa shape index (κ1) is 15.2. The van der Waals surface area contributed by atoms with Crippen LogP contribution in [0.2, 0.25) is 0 Å². The molecule has 7 heteroatoms. The summed E-state index contributed by atoms with van der Waals surface area (Å²) in [5.74, 6) is 2.13. The quantitative estimate of drug-likeness (QED) is 0.466. The second-order valence-electron chi connectivity index (χ2n) is 4.46.